The summed E-state index contributed by atoms with van der Waals surface area (Å²) in [6, 6.07) is 8.14. The molecule has 106 valence electrons. The Labute approximate surface area is 119 Å². The van der Waals surface area contributed by atoms with Crippen LogP contribution in [0.4, 0.5) is 4.79 Å². The van der Waals surface area contributed by atoms with Crippen LogP contribution in [-0.2, 0) is 6.42 Å². The zero-order valence-corrected chi connectivity index (χ0v) is 11.8. The summed E-state index contributed by atoms with van der Waals surface area (Å²) in [5, 5.41) is 11.7. The van der Waals surface area contributed by atoms with Gasteiger partial charge in [0.15, 0.2) is 0 Å². The van der Waals surface area contributed by atoms with Crippen LogP contribution in [0.1, 0.15) is 24.2 Å². The van der Waals surface area contributed by atoms with E-state index in [1.54, 1.807) is 4.90 Å². The minimum Gasteiger partial charge on any atom is -0.338 e. The molecule has 0 bridgehead atoms. The van der Waals surface area contributed by atoms with Gasteiger partial charge in [-0.05, 0) is 31.9 Å². The van der Waals surface area contributed by atoms with E-state index in [-0.39, 0.29) is 11.9 Å². The molecule has 0 saturated carbocycles. The minimum absolute atomic E-state index is 0.0333. The van der Waals surface area contributed by atoms with Gasteiger partial charge in [-0.15, -0.1) is 0 Å². The van der Waals surface area contributed by atoms with Gasteiger partial charge in [-0.1, -0.05) is 6.07 Å². The first-order chi connectivity index (χ1) is 9.69. The smallest absolute Gasteiger partial charge is 0.317 e. The first kappa shape index (κ1) is 14.3. The number of amides is 2. The number of aromatic nitrogens is 1. The zero-order valence-electron chi connectivity index (χ0n) is 11.8. The molecule has 0 spiro atoms. The Morgan fingerprint density at radius 2 is 2.25 bits per heavy atom. The fraction of sp³-hybridized carbons (Fsp3) is 0.533. The van der Waals surface area contributed by atoms with E-state index < -0.39 is 0 Å². The van der Waals surface area contributed by atoms with Gasteiger partial charge in [0, 0.05) is 43.4 Å². The monoisotopic (exact) mass is 272 g/mol. The van der Waals surface area contributed by atoms with Gasteiger partial charge in [0.1, 0.15) is 0 Å². The number of nitrogens with zero attached hydrogens (tertiary/aromatic N) is 3. The van der Waals surface area contributed by atoms with Gasteiger partial charge in [-0.2, -0.15) is 5.26 Å². The third kappa shape index (κ3) is 3.95. The van der Waals surface area contributed by atoms with E-state index in [2.05, 4.69) is 16.4 Å². The molecule has 0 radical (unpaired) electrons. The van der Waals surface area contributed by atoms with E-state index in [4.69, 9.17) is 5.26 Å². The van der Waals surface area contributed by atoms with Crippen LogP contribution in [-0.4, -0.2) is 35.5 Å². The van der Waals surface area contributed by atoms with Crippen molar-refractivity contribution in [1.82, 2.24) is 15.2 Å². The summed E-state index contributed by atoms with van der Waals surface area (Å²) >= 11 is 0. The molecule has 1 fully saturated rings. The molecule has 1 N–H and O–H groups in total. The number of likely N-dealkylation sites (tertiary alicyclic amines) is 1. The summed E-state index contributed by atoms with van der Waals surface area (Å²) < 4.78 is 0. The summed E-state index contributed by atoms with van der Waals surface area (Å²) in [5.41, 5.74) is 1.99. The predicted octanol–water partition coefficient (Wildman–Crippen LogP) is 1.88. The molecular weight excluding hydrogens is 252 g/mol. The van der Waals surface area contributed by atoms with Crippen LogP contribution < -0.4 is 5.32 Å². The topological polar surface area (TPSA) is 69.0 Å². The van der Waals surface area contributed by atoms with Gasteiger partial charge in [0.25, 0.3) is 0 Å². The van der Waals surface area contributed by atoms with Gasteiger partial charge >= 0.3 is 6.03 Å². The van der Waals surface area contributed by atoms with Gasteiger partial charge in [0.2, 0.25) is 0 Å². The average molecular weight is 272 g/mol. The van der Waals surface area contributed by atoms with E-state index in [1.807, 2.05) is 25.1 Å². The molecule has 2 rings (SSSR count). The average Bonchev–Trinajstić information content (AvgIpc) is 2.47. The van der Waals surface area contributed by atoms with Gasteiger partial charge < -0.3 is 10.2 Å². The number of nitriles is 1. The van der Waals surface area contributed by atoms with Crippen LogP contribution in [0.2, 0.25) is 0 Å². The maximum Gasteiger partial charge on any atom is 0.317 e. The Hall–Kier alpha value is -2.09. The summed E-state index contributed by atoms with van der Waals surface area (Å²) in [6.07, 6.45) is 2.30. The quantitative estimate of drug-likeness (QED) is 0.913. The van der Waals surface area contributed by atoms with Gasteiger partial charge in [0.05, 0.1) is 6.07 Å². The van der Waals surface area contributed by atoms with E-state index >= 15 is 0 Å². The lowest BCUT2D eigenvalue weighted by atomic mass is 9.99. The molecule has 1 aliphatic heterocycles. The number of carbonyl (C=O) groups is 1. The lowest BCUT2D eigenvalue weighted by Crippen LogP contribution is -2.44. The summed E-state index contributed by atoms with van der Waals surface area (Å²) in [7, 11) is 0. The lowest BCUT2D eigenvalue weighted by molar-refractivity contribution is 0.179. The van der Waals surface area contributed by atoms with Crippen LogP contribution in [0.15, 0.2) is 18.2 Å². The molecule has 0 aliphatic carbocycles. The summed E-state index contributed by atoms with van der Waals surface area (Å²) in [4.78, 5) is 18.2. The number of aryl methyl sites for hydroxylation is 1. The number of carbonyl (C=O) groups excluding carboxylic acids is 1. The summed E-state index contributed by atoms with van der Waals surface area (Å²) in [5.74, 6) is 0.107. The number of nitrogens with one attached hydrogen (secondary N) is 1. The Balaban J connectivity index is 1.72. The molecule has 0 unspecified atom stereocenters. The van der Waals surface area contributed by atoms with Crippen LogP contribution in [0.5, 0.6) is 0 Å². The Kier molecular flexibility index (Phi) is 4.94. The second kappa shape index (κ2) is 6.90. The number of pyridine rings is 1. The highest BCUT2D eigenvalue weighted by atomic mass is 16.2. The van der Waals surface area contributed by atoms with E-state index in [0.29, 0.717) is 19.6 Å². The van der Waals surface area contributed by atoms with Crippen molar-refractivity contribution < 1.29 is 4.79 Å². The molecular formula is C15H20N4O. The van der Waals surface area contributed by atoms with Crippen molar-refractivity contribution in [2.24, 2.45) is 5.92 Å². The normalized spacial score (nSPS) is 15.7. The van der Waals surface area contributed by atoms with E-state index in [1.165, 1.54) is 0 Å². The van der Waals surface area contributed by atoms with Crippen molar-refractivity contribution in [2.45, 2.75) is 26.2 Å². The number of rotatable bonds is 3. The molecule has 5 nitrogen and oxygen atoms in total. The second-order valence-corrected chi connectivity index (χ2v) is 5.14. The fourth-order valence-corrected chi connectivity index (χ4v) is 2.36. The van der Waals surface area contributed by atoms with Crippen molar-refractivity contribution in [3.63, 3.8) is 0 Å². The molecule has 1 aromatic heterocycles. The molecule has 5 heteroatoms. The highest BCUT2D eigenvalue weighted by Crippen LogP contribution is 2.15. The number of piperidine rings is 1. The van der Waals surface area contributed by atoms with Crippen LogP contribution in [0.25, 0.3) is 0 Å². The first-order valence-corrected chi connectivity index (χ1v) is 7.04. The predicted molar refractivity (Wildman–Crippen MR) is 76.0 cm³/mol. The highest BCUT2D eigenvalue weighted by Gasteiger charge is 2.21. The van der Waals surface area contributed by atoms with Crippen molar-refractivity contribution in [3.8, 4) is 6.07 Å². The standard InChI is InChI=1S/C15H20N4O/c1-12-3-2-4-14(18-12)5-8-17-15(20)19-9-6-13(11-16)7-10-19/h2-4,13H,5-10H2,1H3,(H,17,20). The second-order valence-electron chi connectivity index (χ2n) is 5.14. The minimum atomic E-state index is -0.0333. The fourth-order valence-electron chi connectivity index (χ4n) is 2.36. The van der Waals surface area contributed by atoms with Crippen molar-refractivity contribution in [2.75, 3.05) is 19.6 Å². The van der Waals surface area contributed by atoms with Crippen molar-refractivity contribution in [1.29, 1.82) is 5.26 Å². The number of hydrogen-bond donors (Lipinski definition) is 1. The van der Waals surface area contributed by atoms with Crippen molar-refractivity contribution in [3.05, 3.63) is 29.6 Å². The maximum absolute atomic E-state index is 12.0. The Morgan fingerprint density at radius 3 is 2.90 bits per heavy atom. The number of hydrogen-bond acceptors (Lipinski definition) is 3. The molecule has 1 aliphatic rings. The highest BCUT2D eigenvalue weighted by molar-refractivity contribution is 5.74. The number of urea groups is 1. The zero-order chi connectivity index (χ0) is 14.4. The Morgan fingerprint density at radius 1 is 1.50 bits per heavy atom. The van der Waals surface area contributed by atoms with Crippen LogP contribution >= 0.6 is 0 Å². The largest absolute Gasteiger partial charge is 0.338 e. The molecule has 20 heavy (non-hydrogen) atoms. The van der Waals surface area contributed by atoms with Crippen molar-refractivity contribution >= 4 is 6.03 Å². The maximum atomic E-state index is 12.0. The molecule has 2 heterocycles. The Bertz CT molecular complexity index is 501. The molecule has 0 atom stereocenters. The van der Waals surface area contributed by atoms with Gasteiger partial charge in [-0.3, -0.25) is 4.98 Å². The van der Waals surface area contributed by atoms with Crippen LogP contribution in [0, 0.1) is 24.2 Å². The third-order valence-corrected chi connectivity index (χ3v) is 3.57. The molecule has 2 amide bonds. The van der Waals surface area contributed by atoms with E-state index in [0.717, 1.165) is 30.7 Å². The van der Waals surface area contributed by atoms with Gasteiger partial charge in [-0.25, -0.2) is 4.79 Å². The molecule has 1 aromatic rings. The summed E-state index contributed by atoms with van der Waals surface area (Å²) in [6.45, 7) is 3.90. The first-order valence-electron chi connectivity index (χ1n) is 7.04. The van der Waals surface area contributed by atoms with E-state index in [9.17, 15) is 4.79 Å². The third-order valence-electron chi connectivity index (χ3n) is 3.57. The van der Waals surface area contributed by atoms with Crippen LogP contribution in [0.3, 0.4) is 0 Å². The molecule has 1 saturated heterocycles. The lowest BCUT2D eigenvalue weighted by Gasteiger charge is -2.29. The molecule has 0 aromatic carbocycles. The SMILES string of the molecule is Cc1cccc(CCNC(=O)N2CCC(C#N)CC2)n1.